The lowest BCUT2D eigenvalue weighted by molar-refractivity contribution is 0.0687. The highest BCUT2D eigenvalue weighted by Crippen LogP contribution is 2.21. The molecule has 148 valence electrons. The molecule has 3 N–H and O–H groups in total. The lowest BCUT2D eigenvalue weighted by Crippen LogP contribution is -2.37. The fourth-order valence-corrected chi connectivity index (χ4v) is 3.26. The van der Waals surface area contributed by atoms with Crippen molar-refractivity contribution in [1.82, 2.24) is 9.88 Å². The molecule has 3 aromatic rings. The molecule has 2 aromatic carbocycles. The van der Waals surface area contributed by atoms with Crippen molar-refractivity contribution in [1.29, 1.82) is 0 Å². The summed E-state index contributed by atoms with van der Waals surface area (Å²) in [6.07, 6.45) is 0.178. The van der Waals surface area contributed by atoms with Gasteiger partial charge < -0.3 is 24.8 Å². The first-order chi connectivity index (χ1) is 13.4. The molecule has 0 bridgehead atoms. The van der Waals surface area contributed by atoms with Gasteiger partial charge in [0.1, 0.15) is 24.2 Å². The number of rotatable bonds is 9. The van der Waals surface area contributed by atoms with E-state index in [4.69, 9.17) is 4.74 Å². The Hall–Kier alpha value is -2.83. The van der Waals surface area contributed by atoms with Gasteiger partial charge in [-0.25, -0.2) is 4.79 Å². The summed E-state index contributed by atoms with van der Waals surface area (Å²) in [7, 11) is 1.76. The number of benzene rings is 2. The zero-order chi connectivity index (χ0) is 20.1. The number of carbonyl (C=O) groups is 1. The van der Waals surface area contributed by atoms with Gasteiger partial charge in [-0.3, -0.25) is 0 Å². The van der Waals surface area contributed by atoms with Crippen LogP contribution in [0, 0.1) is 0 Å². The van der Waals surface area contributed by atoms with Crippen LogP contribution in [-0.4, -0.2) is 46.0 Å². The third-order valence-electron chi connectivity index (χ3n) is 4.76. The van der Waals surface area contributed by atoms with Gasteiger partial charge in [0.05, 0.1) is 0 Å². The van der Waals surface area contributed by atoms with Crippen molar-refractivity contribution >= 4 is 16.9 Å². The monoisotopic (exact) mass is 382 g/mol. The molecular weight excluding hydrogens is 356 g/mol. The van der Waals surface area contributed by atoms with Crippen molar-refractivity contribution in [2.24, 2.45) is 7.05 Å². The van der Waals surface area contributed by atoms with E-state index in [-0.39, 0.29) is 18.3 Å². The van der Waals surface area contributed by atoms with E-state index in [9.17, 15) is 15.0 Å². The van der Waals surface area contributed by atoms with Crippen LogP contribution < -0.4 is 10.1 Å². The minimum Gasteiger partial charge on any atom is -0.491 e. The fraction of sp³-hybridized carbons (Fsp3) is 0.318. The van der Waals surface area contributed by atoms with E-state index in [1.807, 2.05) is 48.5 Å². The van der Waals surface area contributed by atoms with Crippen molar-refractivity contribution in [3.63, 3.8) is 0 Å². The van der Waals surface area contributed by atoms with E-state index in [2.05, 4.69) is 12.2 Å². The number of aryl methyl sites for hydroxylation is 1. The summed E-state index contributed by atoms with van der Waals surface area (Å²) in [5, 5.41) is 23.6. The predicted molar refractivity (Wildman–Crippen MR) is 109 cm³/mol. The quantitative estimate of drug-likeness (QED) is 0.530. The lowest BCUT2D eigenvalue weighted by atomic mass is 10.1. The van der Waals surface area contributed by atoms with E-state index >= 15 is 0 Å². The maximum Gasteiger partial charge on any atom is 0.352 e. The van der Waals surface area contributed by atoms with Gasteiger partial charge in [0.2, 0.25) is 0 Å². The zero-order valence-corrected chi connectivity index (χ0v) is 16.1. The molecule has 0 saturated carbocycles. The Kier molecular flexibility index (Phi) is 6.34. The number of ether oxygens (including phenoxy) is 1. The summed E-state index contributed by atoms with van der Waals surface area (Å²) in [5.41, 5.74) is 2.29. The number of carboxylic acids is 1. The second-order valence-electron chi connectivity index (χ2n) is 7.08. The summed E-state index contributed by atoms with van der Waals surface area (Å²) in [6, 6.07) is 17.3. The number of hydrogen-bond acceptors (Lipinski definition) is 4. The second kappa shape index (κ2) is 8.91. The summed E-state index contributed by atoms with van der Waals surface area (Å²) >= 11 is 0. The minimum absolute atomic E-state index is 0.159. The first-order valence-electron chi connectivity index (χ1n) is 9.35. The molecule has 0 aliphatic carbocycles. The van der Waals surface area contributed by atoms with Gasteiger partial charge in [-0.1, -0.05) is 24.3 Å². The zero-order valence-electron chi connectivity index (χ0n) is 16.1. The number of aliphatic hydroxyl groups excluding tert-OH is 1. The molecule has 0 spiro atoms. The summed E-state index contributed by atoms with van der Waals surface area (Å²) in [6.45, 7) is 2.73. The van der Waals surface area contributed by atoms with Crippen LogP contribution >= 0.6 is 0 Å². The van der Waals surface area contributed by atoms with Gasteiger partial charge in [0, 0.05) is 30.5 Å². The van der Waals surface area contributed by atoms with Crippen molar-refractivity contribution in [3.8, 4) is 5.75 Å². The van der Waals surface area contributed by atoms with E-state index < -0.39 is 12.1 Å². The lowest BCUT2D eigenvalue weighted by Gasteiger charge is -2.18. The molecule has 6 nitrogen and oxygen atoms in total. The van der Waals surface area contributed by atoms with Gasteiger partial charge in [0.25, 0.3) is 0 Å². The van der Waals surface area contributed by atoms with E-state index in [1.165, 1.54) is 0 Å². The predicted octanol–water partition coefficient (Wildman–Crippen LogP) is 2.84. The Labute approximate surface area is 164 Å². The highest BCUT2D eigenvalue weighted by Gasteiger charge is 2.13. The van der Waals surface area contributed by atoms with Gasteiger partial charge >= 0.3 is 5.97 Å². The maximum atomic E-state index is 11.3. The Morgan fingerprint density at radius 1 is 1.18 bits per heavy atom. The number of nitrogens with zero attached hydrogens (tertiary/aromatic N) is 1. The molecule has 1 heterocycles. The number of hydrogen-bond donors (Lipinski definition) is 3. The van der Waals surface area contributed by atoms with E-state index in [0.29, 0.717) is 6.54 Å². The second-order valence-corrected chi connectivity index (χ2v) is 7.08. The van der Waals surface area contributed by atoms with Crippen LogP contribution in [0.15, 0.2) is 54.6 Å². The third-order valence-corrected chi connectivity index (χ3v) is 4.76. The highest BCUT2D eigenvalue weighted by molar-refractivity contribution is 5.94. The molecule has 2 unspecified atom stereocenters. The van der Waals surface area contributed by atoms with Crippen LogP contribution in [0.2, 0.25) is 0 Å². The van der Waals surface area contributed by atoms with Crippen molar-refractivity contribution in [3.05, 3.63) is 65.9 Å². The van der Waals surface area contributed by atoms with Crippen molar-refractivity contribution in [2.45, 2.75) is 25.5 Å². The number of aromatic nitrogens is 1. The number of aliphatic hydroxyl groups is 1. The Morgan fingerprint density at radius 2 is 1.93 bits per heavy atom. The molecule has 0 fully saturated rings. The van der Waals surface area contributed by atoms with Gasteiger partial charge in [0.15, 0.2) is 0 Å². The van der Waals surface area contributed by atoms with E-state index in [0.717, 1.165) is 28.6 Å². The number of para-hydroxylation sites is 1. The maximum absolute atomic E-state index is 11.3. The Morgan fingerprint density at radius 3 is 2.64 bits per heavy atom. The molecule has 0 radical (unpaired) electrons. The average molecular weight is 382 g/mol. The van der Waals surface area contributed by atoms with Crippen LogP contribution in [0.4, 0.5) is 0 Å². The molecule has 28 heavy (non-hydrogen) atoms. The Balaban J connectivity index is 1.51. The van der Waals surface area contributed by atoms with Crippen molar-refractivity contribution < 1.29 is 19.7 Å². The largest absolute Gasteiger partial charge is 0.491 e. The van der Waals surface area contributed by atoms with Crippen LogP contribution in [0.25, 0.3) is 10.9 Å². The topological polar surface area (TPSA) is 83.7 Å². The molecule has 1 aromatic heterocycles. The number of aromatic carboxylic acids is 1. The average Bonchev–Trinajstić information content (AvgIpc) is 3.02. The van der Waals surface area contributed by atoms with Crippen LogP contribution in [0.5, 0.6) is 5.75 Å². The molecular formula is C22H26N2O4. The molecule has 0 saturated heterocycles. The summed E-state index contributed by atoms with van der Waals surface area (Å²) in [5.74, 6) is -0.187. The summed E-state index contributed by atoms with van der Waals surface area (Å²) in [4.78, 5) is 11.3. The third kappa shape index (κ3) is 4.91. The van der Waals surface area contributed by atoms with Gasteiger partial charge in [-0.05, 0) is 49.2 Å². The normalized spacial score (nSPS) is 13.4. The van der Waals surface area contributed by atoms with Gasteiger partial charge in [-0.15, -0.1) is 0 Å². The highest BCUT2D eigenvalue weighted by atomic mass is 16.5. The van der Waals surface area contributed by atoms with Gasteiger partial charge in [-0.2, -0.15) is 0 Å². The van der Waals surface area contributed by atoms with Crippen molar-refractivity contribution in [2.75, 3.05) is 13.2 Å². The first-order valence-corrected chi connectivity index (χ1v) is 9.35. The molecule has 0 aliphatic heterocycles. The Bertz CT molecular complexity index is 936. The number of fused-ring (bicyclic) bond motifs is 1. The standard InChI is InChI=1S/C22H26N2O4/c1-15(23-13-18(25)14-28-19-6-4-3-5-7-19)10-16-8-9-20-17(11-16)12-21(22(26)27)24(20)2/h3-9,11-12,15,18,23,25H,10,13-14H2,1-2H3,(H,26,27). The van der Waals surface area contributed by atoms with Crippen LogP contribution in [-0.2, 0) is 13.5 Å². The minimum atomic E-state index is -0.929. The molecule has 0 amide bonds. The van der Waals surface area contributed by atoms with Crippen LogP contribution in [0.1, 0.15) is 23.0 Å². The van der Waals surface area contributed by atoms with E-state index in [1.54, 1.807) is 17.7 Å². The SMILES string of the molecule is CC(Cc1ccc2c(c1)cc(C(=O)O)n2C)NCC(O)COc1ccccc1. The smallest absolute Gasteiger partial charge is 0.352 e. The van der Waals surface area contributed by atoms with Crippen LogP contribution in [0.3, 0.4) is 0 Å². The number of carboxylic acid groups (broad SMARTS) is 1. The molecule has 3 rings (SSSR count). The molecule has 2 atom stereocenters. The number of nitrogens with one attached hydrogen (secondary N) is 1. The summed E-state index contributed by atoms with van der Waals surface area (Å²) < 4.78 is 7.25. The fourth-order valence-electron chi connectivity index (χ4n) is 3.26. The first kappa shape index (κ1) is 19.9. The molecule has 0 aliphatic rings. The molecule has 6 heteroatoms.